The third kappa shape index (κ3) is 9.97. The minimum atomic E-state index is 0. The van der Waals surface area contributed by atoms with Gasteiger partial charge in [-0.25, -0.2) is 0 Å². The summed E-state index contributed by atoms with van der Waals surface area (Å²) in [6.07, 6.45) is 0. The molecule has 0 radical (unpaired) electrons. The molecule has 4 heavy (non-hydrogen) atoms. The summed E-state index contributed by atoms with van der Waals surface area (Å²) in [6.45, 7) is 0. The summed E-state index contributed by atoms with van der Waals surface area (Å²) < 4.78 is 0. The van der Waals surface area contributed by atoms with Gasteiger partial charge in [-0.05, 0) is 0 Å². The van der Waals surface area contributed by atoms with Crippen LogP contribution in [0, 0.1) is 0 Å². The standard InChI is InChI=1S/2K.H2Te2.2H/c;;1-2;;/h;;1-2H;;. The Kier molecular flexibility index (Phi) is 62.4. The molecule has 0 atom stereocenters. The molecule has 18 valence electrons. The van der Waals surface area contributed by atoms with Gasteiger partial charge in [-0.15, -0.1) is 0 Å². The van der Waals surface area contributed by atoms with Crippen LogP contribution in [0.1, 0.15) is 0 Å². The quantitative estimate of drug-likeness (QED) is 0.426. The Balaban J connectivity index is -0.00000000500. The van der Waals surface area contributed by atoms with Crippen molar-refractivity contribution in [3.05, 3.63) is 0 Å². The van der Waals surface area contributed by atoms with Gasteiger partial charge in [0, 0.05) is 0 Å². The Morgan fingerprint density at radius 1 is 0.750 bits per heavy atom. The van der Waals surface area contributed by atoms with Crippen LogP contribution in [0.2, 0.25) is 0 Å². The van der Waals surface area contributed by atoms with Gasteiger partial charge in [-0.3, -0.25) is 0 Å². The molecular weight excluding hydrogens is 333 g/mol. The van der Waals surface area contributed by atoms with E-state index in [0.717, 1.165) is 0 Å². The molecule has 0 aromatic carbocycles. The van der Waals surface area contributed by atoms with Crippen LogP contribution in [0.4, 0.5) is 0 Å². The van der Waals surface area contributed by atoms with Crippen molar-refractivity contribution < 1.29 is 0 Å². The van der Waals surface area contributed by atoms with E-state index in [0.29, 0.717) is 0 Å². The molecule has 4 heteroatoms. The molecule has 0 aromatic heterocycles. The van der Waals surface area contributed by atoms with Crippen LogP contribution in [0.25, 0.3) is 0 Å². The fraction of sp³-hybridized carbons (Fsp3) is 0. The second kappa shape index (κ2) is 15.7. The summed E-state index contributed by atoms with van der Waals surface area (Å²) in [5.74, 6) is 0. The summed E-state index contributed by atoms with van der Waals surface area (Å²) in [7, 11) is 0. The molecule has 0 amide bonds. The molecule has 0 N–H and O–H groups in total. The molecule has 0 aliphatic rings. The van der Waals surface area contributed by atoms with Crippen LogP contribution < -0.4 is 0 Å². The Hall–Kier alpha value is 4.85. The van der Waals surface area contributed by atoms with Crippen molar-refractivity contribution in [2.75, 3.05) is 0 Å². The van der Waals surface area contributed by atoms with E-state index in [4.69, 9.17) is 0 Å². The van der Waals surface area contributed by atoms with Gasteiger partial charge in [0.1, 0.15) is 0 Å². The zero-order chi connectivity index (χ0) is 2.00. The first-order valence-corrected chi connectivity index (χ1v) is 9.00. The van der Waals surface area contributed by atoms with Crippen LogP contribution in [0.5, 0.6) is 0 Å². The molecule has 0 bridgehead atoms. The fourth-order valence-corrected chi connectivity index (χ4v) is 0. The molecule has 0 rings (SSSR count). The fourth-order valence-electron chi connectivity index (χ4n) is 0. The Bertz CT molecular complexity index is 4.00. The van der Waals surface area contributed by atoms with Crippen LogP contribution in [0.15, 0.2) is 0 Å². The van der Waals surface area contributed by atoms with Crippen molar-refractivity contribution in [2.24, 2.45) is 0 Å². The van der Waals surface area contributed by atoms with E-state index < -0.39 is 0 Å². The zero-order valence-electron chi connectivity index (χ0n) is 0.894. The van der Waals surface area contributed by atoms with Gasteiger partial charge in [-0.1, -0.05) is 0 Å². The van der Waals surface area contributed by atoms with Crippen LogP contribution in [-0.2, 0) is 0 Å². The van der Waals surface area contributed by atoms with Gasteiger partial charge in [0.25, 0.3) is 0 Å². The number of rotatable bonds is 0. The van der Waals surface area contributed by atoms with Gasteiger partial charge < -0.3 is 0 Å². The summed E-state index contributed by atoms with van der Waals surface area (Å²) in [5, 5.41) is 0. The average molecular weight is 337 g/mol. The normalized spacial score (nSPS) is 1.50. The number of hydrogen-bond acceptors (Lipinski definition) is 0. The van der Waals surface area contributed by atoms with Crippen molar-refractivity contribution in [1.82, 2.24) is 0 Å². The molecule has 0 aliphatic heterocycles. The van der Waals surface area contributed by atoms with Crippen molar-refractivity contribution in [1.29, 1.82) is 0 Å². The van der Waals surface area contributed by atoms with Crippen LogP contribution >= 0.6 is 0 Å². The number of hydrogen-bond donors (Lipinski definition) is 0. The van der Waals surface area contributed by atoms with E-state index in [-0.39, 0.29) is 103 Å². The Labute approximate surface area is 134 Å². The third-order valence-electron chi connectivity index (χ3n) is 0. The summed E-state index contributed by atoms with van der Waals surface area (Å²) in [5.41, 5.74) is 0. The summed E-state index contributed by atoms with van der Waals surface area (Å²) in [6, 6.07) is 0. The molecule has 0 heterocycles. The van der Waals surface area contributed by atoms with Gasteiger partial charge in [0.05, 0.1) is 0 Å². The first kappa shape index (κ1) is 15.9. The molecule has 0 saturated carbocycles. The van der Waals surface area contributed by atoms with Crippen molar-refractivity contribution in [3.63, 3.8) is 0 Å². The minimum absolute atomic E-state index is 0. The molecule has 0 spiro atoms. The predicted octanol–water partition coefficient (Wildman–Crippen LogP) is -2.59. The van der Waals surface area contributed by atoms with Crippen LogP contribution in [0.3, 0.4) is 0 Å². The van der Waals surface area contributed by atoms with E-state index in [1.54, 1.807) is 36.9 Å². The van der Waals surface area contributed by atoms with Gasteiger partial charge >= 0.3 is 140 Å². The maximum atomic E-state index is 1.80. The van der Waals surface area contributed by atoms with Gasteiger partial charge in [0.2, 0.25) is 0 Å². The van der Waals surface area contributed by atoms with Gasteiger partial charge in [-0.2, -0.15) is 0 Å². The predicted molar refractivity (Wildman–Crippen MR) is 28.6 cm³/mol. The van der Waals surface area contributed by atoms with Crippen LogP contribution in [-0.4, -0.2) is 140 Å². The molecule has 0 nitrogen and oxygen atoms in total. The first-order valence-electron chi connectivity index (χ1n) is 0.200. The van der Waals surface area contributed by atoms with Gasteiger partial charge in [0.15, 0.2) is 0 Å². The summed E-state index contributed by atoms with van der Waals surface area (Å²) in [4.78, 5) is 0. The monoisotopic (exact) mass is 342 g/mol. The zero-order valence-corrected chi connectivity index (χ0v) is 6.00. The van der Waals surface area contributed by atoms with E-state index in [1.807, 2.05) is 0 Å². The molecule has 0 aromatic rings. The molecule has 0 saturated heterocycles. The molecule has 0 unspecified atom stereocenters. The van der Waals surface area contributed by atoms with Crippen molar-refractivity contribution >= 4 is 140 Å². The molecule has 0 aliphatic carbocycles. The topological polar surface area (TPSA) is 0 Å². The van der Waals surface area contributed by atoms with E-state index in [2.05, 4.69) is 0 Å². The summed E-state index contributed by atoms with van der Waals surface area (Å²) >= 11 is 3.60. The van der Waals surface area contributed by atoms with E-state index in [9.17, 15) is 0 Å². The second-order valence-electron chi connectivity index (χ2n) is 0. The van der Waals surface area contributed by atoms with E-state index >= 15 is 0 Å². The van der Waals surface area contributed by atoms with Crippen molar-refractivity contribution in [2.45, 2.75) is 0 Å². The first-order chi connectivity index (χ1) is 1.00. The second-order valence-corrected chi connectivity index (χ2v) is 0. The Morgan fingerprint density at radius 2 is 0.750 bits per heavy atom. The third-order valence-corrected chi connectivity index (χ3v) is 0. The molecule has 0 fully saturated rings. The Morgan fingerprint density at radius 3 is 0.750 bits per heavy atom. The van der Waals surface area contributed by atoms with Crippen molar-refractivity contribution in [3.8, 4) is 0 Å². The maximum absolute atomic E-state index is 1.80. The molecular formula is H4K2Te2. The SMILES string of the molecule is [KH].[KH].[TeH][TeH]. The van der Waals surface area contributed by atoms with E-state index in [1.165, 1.54) is 0 Å². The average Bonchev–Trinajstić information content (AvgIpc) is 1.00.